The molecule has 1 amide bonds. The van der Waals surface area contributed by atoms with Gasteiger partial charge >= 0.3 is 0 Å². The molecule has 1 saturated heterocycles. The molecule has 1 aliphatic rings. The minimum atomic E-state index is -0.731. The highest BCUT2D eigenvalue weighted by molar-refractivity contribution is 5.78. The first-order chi connectivity index (χ1) is 11.0. The highest BCUT2D eigenvalue weighted by Crippen LogP contribution is 2.20. The van der Waals surface area contributed by atoms with Crippen molar-refractivity contribution in [2.75, 3.05) is 19.6 Å². The minimum Gasteiger partial charge on any atom is -0.491 e. The van der Waals surface area contributed by atoms with Crippen LogP contribution >= 0.6 is 0 Å². The molecule has 0 saturated carbocycles. The van der Waals surface area contributed by atoms with Gasteiger partial charge in [-0.1, -0.05) is 12.1 Å². The number of aliphatic hydroxyl groups is 1. The standard InChI is InChI=1S/C18H28N2O3/c1-13(2)23-16-8-4-7-15(10-16)17(21)11-19-18(22)12-20-9-5-6-14(20)3/h4,7-8,10,13-14,17,21H,5-6,9,11-12H2,1-3H3,(H,19,22)/t14-,17-/m0/s1. The zero-order chi connectivity index (χ0) is 16.8. The van der Waals surface area contributed by atoms with Crippen molar-refractivity contribution in [3.8, 4) is 5.75 Å². The molecule has 5 nitrogen and oxygen atoms in total. The SMILES string of the molecule is CC(C)Oc1cccc([C@@H](O)CNC(=O)CN2CCC[C@@H]2C)c1. The first kappa shape index (κ1) is 17.8. The van der Waals surface area contributed by atoms with E-state index in [0.717, 1.165) is 30.7 Å². The van der Waals surface area contributed by atoms with E-state index in [1.54, 1.807) is 0 Å². The monoisotopic (exact) mass is 320 g/mol. The number of benzene rings is 1. The van der Waals surface area contributed by atoms with Gasteiger partial charge in [0.25, 0.3) is 0 Å². The van der Waals surface area contributed by atoms with Gasteiger partial charge in [-0.2, -0.15) is 0 Å². The van der Waals surface area contributed by atoms with E-state index in [9.17, 15) is 9.90 Å². The molecule has 5 heteroatoms. The second-order valence-corrected chi connectivity index (χ2v) is 6.52. The van der Waals surface area contributed by atoms with Crippen LogP contribution in [-0.4, -0.2) is 47.7 Å². The van der Waals surface area contributed by atoms with Crippen LogP contribution in [0.2, 0.25) is 0 Å². The number of hydrogen-bond donors (Lipinski definition) is 2. The van der Waals surface area contributed by atoms with Crippen LogP contribution in [0.1, 0.15) is 45.3 Å². The lowest BCUT2D eigenvalue weighted by Crippen LogP contribution is -2.40. The largest absolute Gasteiger partial charge is 0.491 e. The van der Waals surface area contributed by atoms with Gasteiger partial charge in [-0.25, -0.2) is 0 Å². The fourth-order valence-corrected chi connectivity index (χ4v) is 2.86. The van der Waals surface area contributed by atoms with Crippen LogP contribution in [0.3, 0.4) is 0 Å². The summed E-state index contributed by atoms with van der Waals surface area (Å²) in [5, 5.41) is 13.1. The van der Waals surface area contributed by atoms with Crippen molar-refractivity contribution >= 4 is 5.91 Å². The predicted molar refractivity (Wildman–Crippen MR) is 90.4 cm³/mol. The van der Waals surface area contributed by atoms with Gasteiger partial charge in [-0.05, 0) is 57.9 Å². The summed E-state index contributed by atoms with van der Waals surface area (Å²) >= 11 is 0. The maximum Gasteiger partial charge on any atom is 0.234 e. The first-order valence-electron chi connectivity index (χ1n) is 8.41. The molecule has 0 bridgehead atoms. The number of rotatable bonds is 7. The molecule has 0 aromatic heterocycles. The van der Waals surface area contributed by atoms with Crippen LogP contribution < -0.4 is 10.1 Å². The Labute approximate surface area is 138 Å². The summed E-state index contributed by atoms with van der Waals surface area (Å²) in [5.41, 5.74) is 0.748. The molecule has 2 atom stereocenters. The quantitative estimate of drug-likeness (QED) is 0.808. The van der Waals surface area contributed by atoms with E-state index >= 15 is 0 Å². The molecule has 1 heterocycles. The van der Waals surface area contributed by atoms with Gasteiger partial charge in [0.15, 0.2) is 0 Å². The lowest BCUT2D eigenvalue weighted by molar-refractivity contribution is -0.122. The molecule has 1 fully saturated rings. The number of hydrogen-bond acceptors (Lipinski definition) is 4. The van der Waals surface area contributed by atoms with Crippen LogP contribution in [0, 0.1) is 0 Å². The van der Waals surface area contributed by atoms with Gasteiger partial charge in [0, 0.05) is 12.6 Å². The number of amides is 1. The van der Waals surface area contributed by atoms with Gasteiger partial charge < -0.3 is 15.2 Å². The molecule has 1 aromatic carbocycles. The molecule has 2 N–H and O–H groups in total. The summed E-state index contributed by atoms with van der Waals surface area (Å²) in [4.78, 5) is 14.2. The van der Waals surface area contributed by atoms with E-state index < -0.39 is 6.10 Å². The average molecular weight is 320 g/mol. The lowest BCUT2D eigenvalue weighted by Gasteiger charge is -2.21. The Bertz CT molecular complexity index is 519. The fraction of sp³-hybridized carbons (Fsp3) is 0.611. The van der Waals surface area contributed by atoms with Gasteiger partial charge in [0.2, 0.25) is 5.91 Å². The van der Waals surface area contributed by atoms with Crippen molar-refractivity contribution in [2.45, 2.75) is 51.9 Å². The second kappa shape index (κ2) is 8.31. The van der Waals surface area contributed by atoms with Crippen molar-refractivity contribution in [1.29, 1.82) is 0 Å². The number of nitrogens with one attached hydrogen (secondary N) is 1. The number of carbonyl (C=O) groups excluding carboxylic acids is 1. The highest BCUT2D eigenvalue weighted by Gasteiger charge is 2.22. The summed E-state index contributed by atoms with van der Waals surface area (Å²) in [6.07, 6.45) is 1.66. The summed E-state index contributed by atoms with van der Waals surface area (Å²) in [7, 11) is 0. The number of likely N-dealkylation sites (tertiary alicyclic amines) is 1. The van der Waals surface area contributed by atoms with E-state index in [1.165, 1.54) is 0 Å². The highest BCUT2D eigenvalue weighted by atomic mass is 16.5. The van der Waals surface area contributed by atoms with Crippen LogP contribution in [0.4, 0.5) is 0 Å². The fourth-order valence-electron chi connectivity index (χ4n) is 2.86. The summed E-state index contributed by atoms with van der Waals surface area (Å²) < 4.78 is 5.63. The van der Waals surface area contributed by atoms with Gasteiger partial charge in [0.1, 0.15) is 5.75 Å². The number of nitrogens with zero attached hydrogens (tertiary/aromatic N) is 1. The third kappa shape index (κ3) is 5.52. The molecule has 0 spiro atoms. The molecule has 1 aromatic rings. The average Bonchev–Trinajstić information content (AvgIpc) is 2.89. The van der Waals surface area contributed by atoms with Gasteiger partial charge in [0.05, 0.1) is 18.8 Å². The molecule has 0 aliphatic carbocycles. The summed E-state index contributed by atoms with van der Waals surface area (Å²) in [5.74, 6) is 0.696. The molecular weight excluding hydrogens is 292 g/mol. The lowest BCUT2D eigenvalue weighted by atomic mass is 10.1. The smallest absolute Gasteiger partial charge is 0.234 e. The molecule has 1 aliphatic heterocycles. The number of aliphatic hydroxyl groups excluding tert-OH is 1. The molecule has 0 radical (unpaired) electrons. The topological polar surface area (TPSA) is 61.8 Å². The number of ether oxygens (including phenoxy) is 1. The van der Waals surface area contributed by atoms with Crippen molar-refractivity contribution < 1.29 is 14.6 Å². The molecule has 0 unspecified atom stereocenters. The van der Waals surface area contributed by atoms with E-state index in [-0.39, 0.29) is 18.6 Å². The Morgan fingerprint density at radius 3 is 2.91 bits per heavy atom. The van der Waals surface area contributed by atoms with Crippen LogP contribution in [0.25, 0.3) is 0 Å². The van der Waals surface area contributed by atoms with Crippen molar-refractivity contribution in [3.63, 3.8) is 0 Å². The Hall–Kier alpha value is -1.59. The van der Waals surface area contributed by atoms with Gasteiger partial charge in [-0.3, -0.25) is 9.69 Å². The van der Waals surface area contributed by atoms with Crippen molar-refractivity contribution in [2.24, 2.45) is 0 Å². The molecule has 128 valence electrons. The normalized spacial score (nSPS) is 19.8. The Morgan fingerprint density at radius 1 is 1.48 bits per heavy atom. The maximum atomic E-state index is 12.0. The Morgan fingerprint density at radius 2 is 2.26 bits per heavy atom. The zero-order valence-electron chi connectivity index (χ0n) is 14.3. The maximum absolute atomic E-state index is 12.0. The van der Waals surface area contributed by atoms with Crippen molar-refractivity contribution in [3.05, 3.63) is 29.8 Å². The summed E-state index contributed by atoms with van der Waals surface area (Å²) in [6.45, 7) is 7.67. The van der Waals surface area contributed by atoms with Gasteiger partial charge in [-0.15, -0.1) is 0 Å². The third-order valence-electron chi connectivity index (χ3n) is 4.14. The van der Waals surface area contributed by atoms with E-state index in [2.05, 4.69) is 17.1 Å². The van der Waals surface area contributed by atoms with Crippen molar-refractivity contribution in [1.82, 2.24) is 10.2 Å². The zero-order valence-corrected chi connectivity index (χ0v) is 14.3. The third-order valence-corrected chi connectivity index (χ3v) is 4.14. The molecule has 23 heavy (non-hydrogen) atoms. The van der Waals surface area contributed by atoms with E-state index in [4.69, 9.17) is 4.74 Å². The van der Waals surface area contributed by atoms with E-state index in [1.807, 2.05) is 38.1 Å². The number of carbonyl (C=O) groups is 1. The second-order valence-electron chi connectivity index (χ2n) is 6.52. The minimum absolute atomic E-state index is 0.0348. The summed E-state index contributed by atoms with van der Waals surface area (Å²) in [6, 6.07) is 7.84. The first-order valence-corrected chi connectivity index (χ1v) is 8.41. The van der Waals surface area contributed by atoms with E-state index in [0.29, 0.717) is 12.6 Å². The predicted octanol–water partition coefficient (Wildman–Crippen LogP) is 2.11. The van der Waals surface area contributed by atoms with Crippen LogP contribution in [-0.2, 0) is 4.79 Å². The van der Waals surface area contributed by atoms with Crippen LogP contribution in [0.5, 0.6) is 5.75 Å². The molecular formula is C18H28N2O3. The Kier molecular flexibility index (Phi) is 6.42. The van der Waals surface area contributed by atoms with Crippen LogP contribution in [0.15, 0.2) is 24.3 Å². The molecule has 2 rings (SSSR count). The Balaban J connectivity index is 1.82.